The summed E-state index contributed by atoms with van der Waals surface area (Å²) in [6.07, 6.45) is 2.61. The van der Waals surface area contributed by atoms with Crippen molar-refractivity contribution in [2.45, 2.75) is 13.3 Å². The van der Waals surface area contributed by atoms with Crippen molar-refractivity contribution in [3.63, 3.8) is 0 Å². The number of aromatic amines is 1. The van der Waals surface area contributed by atoms with E-state index in [0.717, 1.165) is 35.3 Å². The highest BCUT2D eigenvalue weighted by Crippen LogP contribution is 2.19. The third kappa shape index (κ3) is 3.99. The van der Waals surface area contributed by atoms with Gasteiger partial charge in [-0.2, -0.15) is 0 Å². The summed E-state index contributed by atoms with van der Waals surface area (Å²) in [6, 6.07) is 17.7. The number of carbonyl (C=O) groups is 2. The van der Waals surface area contributed by atoms with Crippen LogP contribution in [0.4, 0.5) is 0 Å². The molecule has 0 unspecified atom stereocenters. The number of hydrogen-bond donors (Lipinski definition) is 1. The number of ketones is 1. The average Bonchev–Trinajstić information content (AvgIpc) is 3.24. The highest BCUT2D eigenvalue weighted by molar-refractivity contribution is 6.44. The lowest BCUT2D eigenvalue weighted by atomic mass is 10.1. The van der Waals surface area contributed by atoms with E-state index in [0.29, 0.717) is 31.7 Å². The molecular weight excluding hydrogens is 376 g/mol. The molecular formula is C24H26N4O2. The van der Waals surface area contributed by atoms with Crippen LogP contribution in [0.15, 0.2) is 65.8 Å². The van der Waals surface area contributed by atoms with E-state index in [1.807, 2.05) is 42.5 Å². The van der Waals surface area contributed by atoms with Crippen molar-refractivity contribution < 1.29 is 9.59 Å². The Hall–Kier alpha value is -3.41. The third-order valence-corrected chi connectivity index (χ3v) is 5.41. The van der Waals surface area contributed by atoms with E-state index in [9.17, 15) is 9.59 Å². The fraction of sp³-hybridized carbons (Fsp3) is 0.292. The highest BCUT2D eigenvalue weighted by atomic mass is 16.2. The van der Waals surface area contributed by atoms with E-state index >= 15 is 0 Å². The van der Waals surface area contributed by atoms with Crippen LogP contribution in [-0.4, -0.2) is 65.0 Å². The zero-order valence-electron chi connectivity index (χ0n) is 17.2. The molecule has 4 rings (SSSR count). The first-order valence-electron chi connectivity index (χ1n) is 10.4. The maximum atomic E-state index is 12.9. The fourth-order valence-electron chi connectivity index (χ4n) is 3.82. The second-order valence-corrected chi connectivity index (χ2v) is 7.43. The van der Waals surface area contributed by atoms with Crippen LogP contribution in [0.3, 0.4) is 0 Å². The number of Topliss-reactive ketones (excluding diaryl/α,β-unsaturated/α-hetero) is 1. The van der Waals surface area contributed by atoms with Gasteiger partial charge in [-0.3, -0.25) is 14.6 Å². The van der Waals surface area contributed by atoms with Crippen LogP contribution >= 0.6 is 0 Å². The van der Waals surface area contributed by atoms with Gasteiger partial charge in [-0.25, -0.2) is 0 Å². The number of carbonyl (C=O) groups excluding carboxylic acids is 2. The molecule has 154 valence electrons. The number of nitrogens with one attached hydrogen (secondary N) is 1. The summed E-state index contributed by atoms with van der Waals surface area (Å²) in [7, 11) is 0. The van der Waals surface area contributed by atoms with Gasteiger partial charge in [0.25, 0.3) is 11.7 Å². The van der Waals surface area contributed by atoms with Crippen LogP contribution in [-0.2, 0) is 4.79 Å². The van der Waals surface area contributed by atoms with Gasteiger partial charge in [0.15, 0.2) is 0 Å². The van der Waals surface area contributed by atoms with Gasteiger partial charge in [0, 0.05) is 55.4 Å². The molecule has 0 saturated carbocycles. The molecule has 1 saturated heterocycles. The zero-order chi connectivity index (χ0) is 20.9. The number of hydrogen-bond acceptors (Lipinski definition) is 3. The number of rotatable bonds is 5. The predicted octanol–water partition coefficient (Wildman–Crippen LogP) is 3.35. The van der Waals surface area contributed by atoms with Crippen molar-refractivity contribution in [3.8, 4) is 0 Å². The van der Waals surface area contributed by atoms with Crippen molar-refractivity contribution in [2.24, 2.45) is 4.99 Å². The minimum atomic E-state index is -0.455. The van der Waals surface area contributed by atoms with Gasteiger partial charge in [0.2, 0.25) is 0 Å². The van der Waals surface area contributed by atoms with Crippen molar-refractivity contribution in [3.05, 3.63) is 71.9 Å². The lowest BCUT2D eigenvalue weighted by Crippen LogP contribution is -2.52. The lowest BCUT2D eigenvalue weighted by Gasteiger charge is -2.36. The molecule has 2 heterocycles. The van der Waals surface area contributed by atoms with Crippen LogP contribution in [0, 0.1) is 0 Å². The van der Waals surface area contributed by atoms with E-state index in [1.165, 1.54) is 0 Å². The number of fused-ring (bicyclic) bond motifs is 1. The Kier molecular flexibility index (Phi) is 5.93. The van der Waals surface area contributed by atoms with E-state index in [-0.39, 0.29) is 0 Å². The number of para-hydroxylation sites is 1. The molecule has 30 heavy (non-hydrogen) atoms. The van der Waals surface area contributed by atoms with Gasteiger partial charge in [0.05, 0.1) is 5.56 Å². The standard InChI is InChI=1S/C24H26N4O2/c1-2-12-25-23(18-8-4-3-5-9-18)27-13-15-28(16-14-27)24(30)22(29)20-17-26-21-11-7-6-10-19(20)21/h3-11,17,26H,2,12-16H2,1H3. The maximum Gasteiger partial charge on any atom is 0.295 e. The molecule has 1 aliphatic rings. The van der Waals surface area contributed by atoms with Crippen molar-refractivity contribution in [1.82, 2.24) is 14.8 Å². The molecule has 1 aliphatic heterocycles. The summed E-state index contributed by atoms with van der Waals surface area (Å²) in [5.41, 5.74) is 2.38. The lowest BCUT2D eigenvalue weighted by molar-refractivity contribution is -0.127. The number of amidine groups is 1. The predicted molar refractivity (Wildman–Crippen MR) is 119 cm³/mol. The summed E-state index contributed by atoms with van der Waals surface area (Å²) in [5.74, 6) is 0.0718. The molecule has 0 radical (unpaired) electrons. The number of nitrogens with zero attached hydrogens (tertiary/aromatic N) is 3. The van der Waals surface area contributed by atoms with Gasteiger partial charge in [-0.15, -0.1) is 0 Å². The van der Waals surface area contributed by atoms with Crippen molar-refractivity contribution in [1.29, 1.82) is 0 Å². The van der Waals surface area contributed by atoms with Crippen LogP contribution in [0.2, 0.25) is 0 Å². The number of H-pyrrole nitrogens is 1. The highest BCUT2D eigenvalue weighted by Gasteiger charge is 2.29. The van der Waals surface area contributed by atoms with Crippen molar-refractivity contribution >= 4 is 28.4 Å². The molecule has 1 fully saturated rings. The van der Waals surface area contributed by atoms with Crippen LogP contribution in [0.5, 0.6) is 0 Å². The molecule has 0 aliphatic carbocycles. The van der Waals surface area contributed by atoms with Gasteiger partial charge >= 0.3 is 0 Å². The van der Waals surface area contributed by atoms with Crippen molar-refractivity contribution in [2.75, 3.05) is 32.7 Å². The Bertz CT molecular complexity index is 1060. The van der Waals surface area contributed by atoms with E-state index < -0.39 is 11.7 Å². The molecule has 0 spiro atoms. The number of piperazine rings is 1. The second kappa shape index (κ2) is 8.95. The quantitative estimate of drug-likeness (QED) is 0.308. The normalized spacial score (nSPS) is 14.9. The summed E-state index contributed by atoms with van der Waals surface area (Å²) in [4.78, 5) is 37.4. The molecule has 1 aromatic heterocycles. The van der Waals surface area contributed by atoms with E-state index in [4.69, 9.17) is 4.99 Å². The summed E-state index contributed by atoms with van der Waals surface area (Å²) < 4.78 is 0. The Morgan fingerprint density at radius 1 is 0.933 bits per heavy atom. The molecule has 6 nitrogen and oxygen atoms in total. The second-order valence-electron chi connectivity index (χ2n) is 7.43. The SMILES string of the molecule is CCCN=C(c1ccccc1)N1CCN(C(=O)C(=O)c2c[nH]c3ccccc23)CC1. The molecule has 0 bridgehead atoms. The van der Waals surface area contributed by atoms with Gasteiger partial charge < -0.3 is 14.8 Å². The first-order valence-corrected chi connectivity index (χ1v) is 10.4. The zero-order valence-corrected chi connectivity index (χ0v) is 17.2. The van der Waals surface area contributed by atoms with E-state index in [1.54, 1.807) is 11.1 Å². The van der Waals surface area contributed by atoms with Gasteiger partial charge in [0.1, 0.15) is 5.84 Å². The Morgan fingerprint density at radius 2 is 1.60 bits per heavy atom. The molecule has 0 atom stereocenters. The average molecular weight is 402 g/mol. The Labute approximate surface area is 176 Å². The fourth-order valence-corrected chi connectivity index (χ4v) is 3.82. The summed E-state index contributed by atoms with van der Waals surface area (Å²) in [6.45, 7) is 5.20. The van der Waals surface area contributed by atoms with Gasteiger partial charge in [-0.05, 0) is 12.5 Å². The molecule has 6 heteroatoms. The molecule has 3 aromatic rings. The monoisotopic (exact) mass is 402 g/mol. The van der Waals surface area contributed by atoms with Gasteiger partial charge in [-0.1, -0.05) is 55.5 Å². The topological polar surface area (TPSA) is 68.8 Å². The van der Waals surface area contributed by atoms with Crippen LogP contribution in [0.1, 0.15) is 29.3 Å². The maximum absolute atomic E-state index is 12.9. The molecule has 2 aromatic carbocycles. The molecule has 1 amide bonds. The number of aromatic nitrogens is 1. The minimum absolute atomic E-state index is 0.438. The first kappa shape index (κ1) is 19.9. The number of aliphatic imine (C=N–C) groups is 1. The third-order valence-electron chi connectivity index (χ3n) is 5.41. The van der Waals surface area contributed by atoms with E-state index in [2.05, 4.69) is 28.9 Å². The minimum Gasteiger partial charge on any atom is -0.360 e. The number of benzene rings is 2. The van der Waals surface area contributed by atoms with Crippen LogP contribution < -0.4 is 0 Å². The Balaban J connectivity index is 1.45. The first-order chi connectivity index (χ1) is 14.7. The largest absolute Gasteiger partial charge is 0.360 e. The Morgan fingerprint density at radius 3 is 2.33 bits per heavy atom. The summed E-state index contributed by atoms with van der Waals surface area (Å²) in [5, 5.41) is 0.785. The van der Waals surface area contributed by atoms with Crippen LogP contribution in [0.25, 0.3) is 10.9 Å². The molecule has 1 N–H and O–H groups in total. The number of amides is 1. The summed E-state index contributed by atoms with van der Waals surface area (Å²) >= 11 is 0. The smallest absolute Gasteiger partial charge is 0.295 e.